The van der Waals surface area contributed by atoms with E-state index in [4.69, 9.17) is 9.47 Å². The second kappa shape index (κ2) is 10.7. The molecule has 0 saturated heterocycles. The molecule has 0 heterocycles. The summed E-state index contributed by atoms with van der Waals surface area (Å²) in [7, 11) is 1.31. The van der Waals surface area contributed by atoms with Crippen LogP contribution in [0.4, 0.5) is 17.1 Å². The largest absolute Gasteiger partial charge is 0.495 e. The van der Waals surface area contributed by atoms with Crippen molar-refractivity contribution in [1.29, 1.82) is 0 Å². The van der Waals surface area contributed by atoms with Gasteiger partial charge in [-0.1, -0.05) is 6.07 Å². The first-order chi connectivity index (χ1) is 15.5. The highest BCUT2D eigenvalue weighted by Gasteiger charge is 2.25. The summed E-state index contributed by atoms with van der Waals surface area (Å²) in [4.78, 5) is 57.4. The summed E-state index contributed by atoms with van der Waals surface area (Å²) < 4.78 is 10.1. The molecule has 0 aliphatic heterocycles. The Labute approximate surface area is 187 Å². The van der Waals surface area contributed by atoms with E-state index in [9.17, 15) is 34.6 Å². The predicted octanol–water partition coefficient (Wildman–Crippen LogP) is 2.20. The fraction of sp³-hybridized carbons (Fsp3) is 0.250. The number of nitrogens with zero attached hydrogens (tertiary/aromatic N) is 2. The molecule has 2 unspecified atom stereocenters. The third kappa shape index (κ3) is 6.46. The Morgan fingerprint density at radius 1 is 0.970 bits per heavy atom. The van der Waals surface area contributed by atoms with Gasteiger partial charge in [-0.25, -0.2) is 4.79 Å². The lowest BCUT2D eigenvalue weighted by Crippen LogP contribution is -2.42. The van der Waals surface area contributed by atoms with Gasteiger partial charge in [0.05, 0.1) is 22.6 Å². The van der Waals surface area contributed by atoms with E-state index in [0.29, 0.717) is 0 Å². The van der Waals surface area contributed by atoms with Gasteiger partial charge >= 0.3 is 5.97 Å². The van der Waals surface area contributed by atoms with E-state index in [2.05, 4.69) is 10.6 Å². The summed E-state index contributed by atoms with van der Waals surface area (Å²) in [5.74, 6) is -2.33. The summed E-state index contributed by atoms with van der Waals surface area (Å²) in [5, 5.41) is 26.5. The van der Waals surface area contributed by atoms with Crippen LogP contribution in [0.25, 0.3) is 0 Å². The average Bonchev–Trinajstić information content (AvgIpc) is 2.78. The second-order valence-electron chi connectivity index (χ2n) is 6.71. The lowest BCUT2D eigenvalue weighted by atomic mass is 10.2. The standard InChI is InChI=1S/C20H20N4O9/c1-11(21-19(26)13-5-4-6-14(9-13)23(28)29)20(27)33-12(2)18(25)22-16-10-15(24(30)31)7-8-17(16)32-3/h4-12H,1-3H3,(H,21,26)(H,22,25). The Balaban J connectivity index is 2.00. The van der Waals surface area contributed by atoms with Crippen LogP contribution in [0.15, 0.2) is 42.5 Å². The quantitative estimate of drug-likeness (QED) is 0.322. The normalized spacial score (nSPS) is 12.1. The van der Waals surface area contributed by atoms with E-state index in [0.717, 1.165) is 12.1 Å². The number of rotatable bonds is 9. The zero-order chi connectivity index (χ0) is 24.7. The molecule has 2 N–H and O–H groups in total. The van der Waals surface area contributed by atoms with Crippen LogP contribution in [0, 0.1) is 20.2 Å². The van der Waals surface area contributed by atoms with E-state index in [1.165, 1.54) is 51.3 Å². The number of anilines is 1. The molecule has 2 aromatic rings. The minimum atomic E-state index is -1.32. The van der Waals surface area contributed by atoms with Gasteiger partial charge in [0.15, 0.2) is 6.10 Å². The number of esters is 1. The van der Waals surface area contributed by atoms with Crippen molar-refractivity contribution >= 4 is 34.8 Å². The number of benzene rings is 2. The van der Waals surface area contributed by atoms with Gasteiger partial charge in [0.2, 0.25) is 0 Å². The molecule has 13 nitrogen and oxygen atoms in total. The first kappa shape index (κ1) is 24.7. The summed E-state index contributed by atoms with van der Waals surface area (Å²) in [6.45, 7) is 2.58. The predicted molar refractivity (Wildman–Crippen MR) is 114 cm³/mol. The maximum atomic E-state index is 12.4. The average molecular weight is 460 g/mol. The zero-order valence-electron chi connectivity index (χ0n) is 17.8. The van der Waals surface area contributed by atoms with Crippen molar-refractivity contribution in [2.75, 3.05) is 12.4 Å². The molecule has 2 atom stereocenters. The van der Waals surface area contributed by atoms with Crippen molar-refractivity contribution in [1.82, 2.24) is 5.32 Å². The Hall–Kier alpha value is -4.55. The van der Waals surface area contributed by atoms with Gasteiger partial charge in [-0.05, 0) is 26.0 Å². The third-order valence-corrected chi connectivity index (χ3v) is 4.33. The maximum absolute atomic E-state index is 12.4. The lowest BCUT2D eigenvalue weighted by molar-refractivity contribution is -0.385. The molecule has 2 amide bonds. The smallest absolute Gasteiger partial charge is 0.329 e. The Morgan fingerprint density at radius 3 is 2.21 bits per heavy atom. The number of non-ortho nitro benzene ring substituents is 2. The Bertz CT molecular complexity index is 1100. The van der Waals surface area contributed by atoms with E-state index in [1.807, 2.05) is 0 Å². The molecule has 2 rings (SSSR count). The number of ether oxygens (including phenoxy) is 2. The molecule has 174 valence electrons. The minimum Gasteiger partial charge on any atom is -0.495 e. The molecule has 0 aromatic heterocycles. The molecule has 0 fully saturated rings. The molecule has 0 saturated carbocycles. The first-order valence-electron chi connectivity index (χ1n) is 9.42. The fourth-order valence-electron chi connectivity index (χ4n) is 2.57. The van der Waals surface area contributed by atoms with Crippen LogP contribution in [0.3, 0.4) is 0 Å². The Morgan fingerprint density at radius 2 is 1.61 bits per heavy atom. The van der Waals surface area contributed by atoms with Crippen LogP contribution in [-0.4, -0.2) is 46.9 Å². The van der Waals surface area contributed by atoms with Crippen LogP contribution in [-0.2, 0) is 14.3 Å². The van der Waals surface area contributed by atoms with Crippen molar-refractivity contribution in [3.05, 3.63) is 68.3 Å². The fourth-order valence-corrected chi connectivity index (χ4v) is 2.57. The number of nitrogens with one attached hydrogen (secondary N) is 2. The topological polar surface area (TPSA) is 180 Å². The minimum absolute atomic E-state index is 0.00613. The van der Waals surface area contributed by atoms with E-state index < -0.39 is 39.8 Å². The molecule has 2 aromatic carbocycles. The van der Waals surface area contributed by atoms with Crippen molar-refractivity contribution in [3.63, 3.8) is 0 Å². The van der Waals surface area contributed by atoms with Gasteiger partial charge in [0.1, 0.15) is 11.8 Å². The second-order valence-corrected chi connectivity index (χ2v) is 6.71. The number of carbonyl (C=O) groups excluding carboxylic acids is 3. The number of methoxy groups -OCH3 is 1. The van der Waals surface area contributed by atoms with Gasteiger partial charge in [-0.15, -0.1) is 0 Å². The maximum Gasteiger partial charge on any atom is 0.329 e. The number of nitro groups is 2. The summed E-state index contributed by atoms with van der Waals surface area (Å²) in [5.41, 5.74) is -0.605. The van der Waals surface area contributed by atoms with E-state index in [-0.39, 0.29) is 28.4 Å². The molecular weight excluding hydrogens is 440 g/mol. The lowest BCUT2D eigenvalue weighted by Gasteiger charge is -2.18. The van der Waals surface area contributed by atoms with Crippen LogP contribution in [0.1, 0.15) is 24.2 Å². The van der Waals surface area contributed by atoms with Gasteiger partial charge < -0.3 is 20.1 Å². The molecule has 0 spiro atoms. The van der Waals surface area contributed by atoms with Crippen molar-refractivity contribution in [2.45, 2.75) is 26.0 Å². The van der Waals surface area contributed by atoms with Crippen LogP contribution >= 0.6 is 0 Å². The number of nitro benzene ring substituents is 2. The Kier molecular flexibility index (Phi) is 7.98. The van der Waals surface area contributed by atoms with Gasteiger partial charge in [0, 0.05) is 29.8 Å². The number of amides is 2. The first-order valence-corrected chi connectivity index (χ1v) is 9.42. The molecule has 0 aliphatic rings. The summed E-state index contributed by atoms with van der Waals surface area (Å²) in [6.07, 6.45) is -1.32. The molecule has 0 aliphatic carbocycles. The van der Waals surface area contributed by atoms with Gasteiger partial charge in [-0.3, -0.25) is 29.8 Å². The van der Waals surface area contributed by atoms with Crippen molar-refractivity contribution in [2.24, 2.45) is 0 Å². The molecular formula is C20H20N4O9. The summed E-state index contributed by atoms with van der Waals surface area (Å²) >= 11 is 0. The number of carbonyl (C=O) groups is 3. The highest BCUT2D eigenvalue weighted by molar-refractivity contribution is 5.99. The molecule has 33 heavy (non-hydrogen) atoms. The molecule has 13 heteroatoms. The van der Waals surface area contributed by atoms with Gasteiger partial charge in [0.25, 0.3) is 23.2 Å². The monoisotopic (exact) mass is 460 g/mol. The van der Waals surface area contributed by atoms with Crippen molar-refractivity contribution < 1.29 is 33.7 Å². The van der Waals surface area contributed by atoms with Crippen LogP contribution < -0.4 is 15.4 Å². The summed E-state index contributed by atoms with van der Waals surface area (Å²) in [6, 6.07) is 7.33. The zero-order valence-corrected chi connectivity index (χ0v) is 17.8. The highest BCUT2D eigenvalue weighted by atomic mass is 16.6. The van der Waals surface area contributed by atoms with Crippen LogP contribution in [0.2, 0.25) is 0 Å². The SMILES string of the molecule is COc1ccc([N+](=O)[O-])cc1NC(=O)C(C)OC(=O)C(C)NC(=O)c1cccc([N+](=O)[O-])c1. The van der Waals surface area contributed by atoms with Crippen molar-refractivity contribution in [3.8, 4) is 5.75 Å². The molecule has 0 bridgehead atoms. The number of hydrogen-bond acceptors (Lipinski definition) is 9. The third-order valence-electron chi connectivity index (χ3n) is 4.33. The highest BCUT2D eigenvalue weighted by Crippen LogP contribution is 2.29. The van der Waals surface area contributed by atoms with Crippen LogP contribution in [0.5, 0.6) is 5.75 Å². The van der Waals surface area contributed by atoms with Gasteiger partial charge in [-0.2, -0.15) is 0 Å². The number of hydrogen-bond donors (Lipinski definition) is 2. The van der Waals surface area contributed by atoms with E-state index >= 15 is 0 Å². The van der Waals surface area contributed by atoms with E-state index in [1.54, 1.807) is 0 Å². The molecule has 0 radical (unpaired) electrons.